The van der Waals surface area contributed by atoms with E-state index in [1.807, 2.05) is 24.3 Å². The highest BCUT2D eigenvalue weighted by Gasteiger charge is 2.08. The normalized spacial score (nSPS) is 10.5. The Kier molecular flexibility index (Phi) is 6.34. The number of hydrogen-bond acceptors (Lipinski definition) is 6. The number of aromatic nitrogens is 2. The molecule has 0 saturated heterocycles. The monoisotopic (exact) mass is 389 g/mol. The molecule has 0 aliphatic carbocycles. The minimum absolute atomic E-state index is 0.0482. The van der Waals surface area contributed by atoms with Gasteiger partial charge in [-0.2, -0.15) is 0 Å². The zero-order valence-corrected chi connectivity index (χ0v) is 14.7. The van der Waals surface area contributed by atoms with Crippen LogP contribution in [0.15, 0.2) is 37.4 Å². The maximum atomic E-state index is 11.8. The van der Waals surface area contributed by atoms with Gasteiger partial charge in [0.15, 0.2) is 8.68 Å². The van der Waals surface area contributed by atoms with Crippen molar-refractivity contribution in [3.63, 3.8) is 0 Å². The van der Waals surface area contributed by atoms with E-state index in [1.165, 1.54) is 23.1 Å². The molecule has 0 fully saturated rings. The number of amides is 1. The van der Waals surface area contributed by atoms with Crippen molar-refractivity contribution >= 4 is 62.4 Å². The van der Waals surface area contributed by atoms with Crippen LogP contribution in [0.4, 0.5) is 5.69 Å². The van der Waals surface area contributed by atoms with Gasteiger partial charge in [0.2, 0.25) is 5.91 Å². The van der Waals surface area contributed by atoms with Gasteiger partial charge in [-0.1, -0.05) is 63.8 Å². The van der Waals surface area contributed by atoms with Crippen LogP contribution >= 0.6 is 50.8 Å². The molecule has 0 atom stereocenters. The largest absolute Gasteiger partial charge is 0.325 e. The summed E-state index contributed by atoms with van der Waals surface area (Å²) in [5.41, 5.74) is 0.782. The molecule has 4 nitrogen and oxygen atoms in total. The lowest BCUT2D eigenvalue weighted by molar-refractivity contribution is -0.113. The molecular weight excluding hydrogens is 378 g/mol. The second kappa shape index (κ2) is 8.02. The highest BCUT2D eigenvalue weighted by atomic mass is 79.9. The van der Waals surface area contributed by atoms with Crippen LogP contribution in [0.1, 0.15) is 6.92 Å². The van der Waals surface area contributed by atoms with Gasteiger partial charge in [-0.25, -0.2) is 0 Å². The molecule has 0 saturated carbocycles. The molecule has 8 heteroatoms. The average Bonchev–Trinajstić information content (AvgIpc) is 2.85. The van der Waals surface area contributed by atoms with E-state index in [0.717, 1.165) is 24.6 Å². The van der Waals surface area contributed by atoms with Crippen molar-refractivity contribution in [3.05, 3.63) is 28.7 Å². The van der Waals surface area contributed by atoms with Crippen molar-refractivity contribution in [2.75, 3.05) is 16.8 Å². The van der Waals surface area contributed by atoms with Crippen molar-refractivity contribution < 1.29 is 4.79 Å². The van der Waals surface area contributed by atoms with Gasteiger partial charge in [0.05, 0.1) is 5.75 Å². The maximum Gasteiger partial charge on any atom is 0.234 e. The third-order valence-electron chi connectivity index (χ3n) is 2.09. The van der Waals surface area contributed by atoms with E-state index in [1.54, 1.807) is 11.8 Å². The van der Waals surface area contributed by atoms with Crippen molar-refractivity contribution in [2.45, 2.75) is 15.6 Å². The fraction of sp³-hybridized carbons (Fsp3) is 0.250. The van der Waals surface area contributed by atoms with E-state index in [0.29, 0.717) is 5.75 Å². The number of benzene rings is 1. The van der Waals surface area contributed by atoms with Gasteiger partial charge in [-0.05, 0) is 24.0 Å². The molecule has 2 aromatic rings. The van der Waals surface area contributed by atoms with Crippen LogP contribution < -0.4 is 5.32 Å². The molecule has 106 valence electrons. The molecule has 0 aliphatic rings. The number of carbonyl (C=O) groups is 1. The molecule has 0 bridgehead atoms. The van der Waals surface area contributed by atoms with Crippen molar-refractivity contribution in [2.24, 2.45) is 0 Å². The number of nitrogens with one attached hydrogen (secondary N) is 1. The van der Waals surface area contributed by atoms with Crippen LogP contribution in [0.5, 0.6) is 0 Å². The number of thioether (sulfide) groups is 2. The number of nitrogens with zero attached hydrogens (tertiary/aromatic N) is 2. The Bertz CT molecular complexity index is 591. The first-order chi connectivity index (χ1) is 9.67. The number of hydrogen-bond donors (Lipinski definition) is 1. The highest BCUT2D eigenvalue weighted by Crippen LogP contribution is 2.28. The molecule has 0 aliphatic heterocycles. The summed E-state index contributed by atoms with van der Waals surface area (Å²) in [6.45, 7) is 2.07. The fourth-order valence-corrected chi connectivity index (χ4v) is 4.44. The summed E-state index contributed by atoms with van der Waals surface area (Å²) in [6.07, 6.45) is 0. The van der Waals surface area contributed by atoms with Crippen LogP contribution in [0.25, 0.3) is 0 Å². The Balaban J connectivity index is 1.82. The number of anilines is 1. The van der Waals surface area contributed by atoms with Gasteiger partial charge in [0.25, 0.3) is 0 Å². The van der Waals surface area contributed by atoms with Gasteiger partial charge < -0.3 is 5.32 Å². The Morgan fingerprint density at radius 1 is 1.35 bits per heavy atom. The predicted molar refractivity (Wildman–Crippen MR) is 89.8 cm³/mol. The van der Waals surface area contributed by atoms with Crippen LogP contribution in [-0.2, 0) is 4.79 Å². The summed E-state index contributed by atoms with van der Waals surface area (Å²) in [4.78, 5) is 11.8. The summed E-state index contributed by atoms with van der Waals surface area (Å²) in [5, 5.41) is 10.9. The van der Waals surface area contributed by atoms with E-state index < -0.39 is 0 Å². The molecule has 1 N–H and O–H groups in total. The summed E-state index contributed by atoms with van der Waals surface area (Å²) in [6, 6.07) is 7.52. The Morgan fingerprint density at radius 3 is 2.80 bits per heavy atom. The van der Waals surface area contributed by atoms with Gasteiger partial charge >= 0.3 is 0 Å². The van der Waals surface area contributed by atoms with Crippen LogP contribution in [0, 0.1) is 0 Å². The second-order valence-corrected chi connectivity index (χ2v) is 8.24. The number of carbonyl (C=O) groups excluding carboxylic acids is 1. The first-order valence-electron chi connectivity index (χ1n) is 5.82. The number of halogens is 1. The van der Waals surface area contributed by atoms with E-state index in [4.69, 9.17) is 0 Å². The molecule has 20 heavy (non-hydrogen) atoms. The minimum Gasteiger partial charge on any atom is -0.325 e. The van der Waals surface area contributed by atoms with Crippen LogP contribution in [0.2, 0.25) is 0 Å². The zero-order valence-electron chi connectivity index (χ0n) is 10.6. The Hall–Kier alpha value is -0.570. The summed E-state index contributed by atoms with van der Waals surface area (Å²) >= 11 is 7.96. The molecule has 1 aromatic carbocycles. The molecule has 1 heterocycles. The third kappa shape index (κ3) is 5.08. The molecule has 1 amide bonds. The van der Waals surface area contributed by atoms with E-state index >= 15 is 0 Å². The van der Waals surface area contributed by atoms with Crippen LogP contribution in [-0.4, -0.2) is 27.6 Å². The smallest absolute Gasteiger partial charge is 0.234 e. The maximum absolute atomic E-state index is 11.8. The topological polar surface area (TPSA) is 54.9 Å². The lowest BCUT2D eigenvalue weighted by Crippen LogP contribution is -2.13. The summed E-state index contributed by atoms with van der Waals surface area (Å²) in [7, 11) is 0. The van der Waals surface area contributed by atoms with Gasteiger partial charge in [-0.15, -0.1) is 10.2 Å². The highest BCUT2D eigenvalue weighted by molar-refractivity contribution is 9.10. The lowest BCUT2D eigenvalue weighted by Gasteiger charge is -2.04. The van der Waals surface area contributed by atoms with Crippen molar-refractivity contribution in [1.29, 1.82) is 0 Å². The van der Waals surface area contributed by atoms with Gasteiger partial charge in [-0.3, -0.25) is 4.79 Å². The molecule has 2 rings (SSSR count). The van der Waals surface area contributed by atoms with Crippen molar-refractivity contribution in [1.82, 2.24) is 10.2 Å². The van der Waals surface area contributed by atoms with Crippen molar-refractivity contribution in [3.8, 4) is 0 Å². The standard InChI is InChI=1S/C12H12BrN3OS3/c1-2-18-11-15-16-12(20-11)19-7-10(17)14-9-5-3-4-8(13)6-9/h3-6H,2,7H2,1H3,(H,14,17). The molecule has 1 aromatic heterocycles. The van der Waals surface area contributed by atoms with Gasteiger partial charge in [0, 0.05) is 10.2 Å². The molecule has 0 radical (unpaired) electrons. The number of rotatable bonds is 6. The average molecular weight is 390 g/mol. The third-order valence-corrected chi connectivity index (χ3v) is 5.66. The summed E-state index contributed by atoms with van der Waals surface area (Å²) < 4.78 is 2.71. The predicted octanol–water partition coefficient (Wildman–Crippen LogP) is 4.14. The Morgan fingerprint density at radius 2 is 2.10 bits per heavy atom. The zero-order chi connectivity index (χ0) is 14.4. The van der Waals surface area contributed by atoms with Crippen LogP contribution in [0.3, 0.4) is 0 Å². The molecule has 0 spiro atoms. The molecular formula is C12H12BrN3OS3. The SMILES string of the molecule is CCSc1nnc(SCC(=O)Nc2cccc(Br)c2)s1. The van der Waals surface area contributed by atoms with Gasteiger partial charge in [0.1, 0.15) is 0 Å². The van der Waals surface area contributed by atoms with E-state index in [9.17, 15) is 4.79 Å². The quantitative estimate of drug-likeness (QED) is 0.752. The summed E-state index contributed by atoms with van der Waals surface area (Å²) in [5.74, 6) is 1.26. The molecule has 0 unspecified atom stereocenters. The minimum atomic E-state index is -0.0482. The first kappa shape index (κ1) is 15.8. The Labute approximate surface area is 138 Å². The second-order valence-electron chi connectivity index (χ2n) is 3.61. The first-order valence-corrected chi connectivity index (χ1v) is 9.40. The fourth-order valence-electron chi connectivity index (χ4n) is 1.33. The van der Waals surface area contributed by atoms with E-state index in [2.05, 4.69) is 38.4 Å². The lowest BCUT2D eigenvalue weighted by atomic mass is 10.3. The van der Waals surface area contributed by atoms with E-state index in [-0.39, 0.29) is 5.91 Å².